The van der Waals surface area contributed by atoms with Crippen LogP contribution in [0.4, 0.5) is 11.5 Å². The van der Waals surface area contributed by atoms with E-state index in [0.29, 0.717) is 10.7 Å². The Morgan fingerprint density at radius 2 is 2.20 bits per heavy atom. The lowest BCUT2D eigenvalue weighted by molar-refractivity contribution is 1.36. The number of para-hydroxylation sites is 1. The highest BCUT2D eigenvalue weighted by Crippen LogP contribution is 2.27. The summed E-state index contributed by atoms with van der Waals surface area (Å²) in [6, 6.07) is 9.80. The second-order valence-electron chi connectivity index (χ2n) is 2.75. The van der Waals surface area contributed by atoms with Crippen LogP contribution in [0.15, 0.2) is 34.2 Å². The first-order valence-corrected chi connectivity index (χ1v) is 5.83. The van der Waals surface area contributed by atoms with Crippen molar-refractivity contribution in [2.45, 2.75) is 0 Å². The molecule has 1 aromatic carbocycles. The zero-order chi connectivity index (χ0) is 10.7. The van der Waals surface area contributed by atoms with Crippen molar-refractivity contribution in [1.29, 1.82) is 5.26 Å². The van der Waals surface area contributed by atoms with Gasteiger partial charge in [-0.25, -0.2) is 4.98 Å². The summed E-state index contributed by atoms with van der Waals surface area (Å²) < 4.78 is 0.946. The number of hydrogen-bond donors (Lipinski definition) is 1. The number of rotatable bonds is 2. The summed E-state index contributed by atoms with van der Waals surface area (Å²) in [5, 5.41) is 11.9. The van der Waals surface area contributed by atoms with Gasteiger partial charge in [0.1, 0.15) is 10.9 Å². The zero-order valence-electron chi connectivity index (χ0n) is 7.57. The molecule has 0 amide bonds. The molecule has 2 aromatic rings. The monoisotopic (exact) mass is 279 g/mol. The lowest BCUT2D eigenvalue weighted by Crippen LogP contribution is -1.92. The summed E-state index contributed by atoms with van der Waals surface area (Å²) in [6.07, 6.45) is 0. The van der Waals surface area contributed by atoms with Gasteiger partial charge in [0.25, 0.3) is 0 Å². The molecule has 1 heterocycles. The first kappa shape index (κ1) is 10.1. The number of anilines is 2. The van der Waals surface area contributed by atoms with Gasteiger partial charge in [0.05, 0.1) is 11.2 Å². The van der Waals surface area contributed by atoms with Crippen LogP contribution in [0.3, 0.4) is 0 Å². The van der Waals surface area contributed by atoms with Crippen LogP contribution in [0, 0.1) is 11.3 Å². The third-order valence-corrected chi connectivity index (χ3v) is 3.22. The van der Waals surface area contributed by atoms with Gasteiger partial charge >= 0.3 is 0 Å². The topological polar surface area (TPSA) is 48.7 Å². The Morgan fingerprint density at radius 1 is 1.40 bits per heavy atom. The minimum absolute atomic E-state index is 0.589. The number of thiazole rings is 1. The highest BCUT2D eigenvalue weighted by molar-refractivity contribution is 9.10. The van der Waals surface area contributed by atoms with Crippen molar-refractivity contribution in [3.63, 3.8) is 0 Å². The van der Waals surface area contributed by atoms with Gasteiger partial charge in [0.15, 0.2) is 5.82 Å². The molecule has 0 aliphatic heterocycles. The van der Waals surface area contributed by atoms with Crippen LogP contribution in [0.25, 0.3) is 0 Å². The first-order valence-electron chi connectivity index (χ1n) is 4.16. The number of benzene rings is 1. The summed E-state index contributed by atoms with van der Waals surface area (Å²) in [5.74, 6) is 0.606. The van der Waals surface area contributed by atoms with E-state index in [2.05, 4.69) is 32.3 Å². The Hall–Kier alpha value is -1.38. The van der Waals surface area contributed by atoms with E-state index in [1.807, 2.05) is 24.3 Å². The zero-order valence-corrected chi connectivity index (χ0v) is 9.97. The molecule has 15 heavy (non-hydrogen) atoms. The number of aromatic nitrogens is 1. The number of nitrogens with one attached hydrogen (secondary N) is 1. The van der Waals surface area contributed by atoms with Gasteiger partial charge in [-0.05, 0) is 28.1 Å². The van der Waals surface area contributed by atoms with Crippen LogP contribution in [0.2, 0.25) is 0 Å². The van der Waals surface area contributed by atoms with Crippen LogP contribution >= 0.6 is 27.3 Å². The van der Waals surface area contributed by atoms with E-state index < -0.39 is 0 Å². The van der Waals surface area contributed by atoms with E-state index in [-0.39, 0.29) is 0 Å². The van der Waals surface area contributed by atoms with Crippen molar-refractivity contribution in [2.24, 2.45) is 0 Å². The normalized spacial score (nSPS) is 9.60. The molecule has 74 valence electrons. The molecule has 1 N–H and O–H groups in total. The number of halogens is 1. The summed E-state index contributed by atoms with van der Waals surface area (Å²) in [7, 11) is 0. The fourth-order valence-electron chi connectivity index (χ4n) is 1.10. The fraction of sp³-hybridized carbons (Fsp3) is 0. The second kappa shape index (κ2) is 4.43. The van der Waals surface area contributed by atoms with Crippen molar-refractivity contribution in [1.82, 2.24) is 4.98 Å². The number of hydrogen-bond acceptors (Lipinski definition) is 4. The Bertz CT molecular complexity index is 515. The predicted octanol–water partition coefficient (Wildman–Crippen LogP) is 3.52. The van der Waals surface area contributed by atoms with Gasteiger partial charge in [-0.15, -0.1) is 11.3 Å². The molecular formula is C10H6BrN3S. The van der Waals surface area contributed by atoms with Crippen molar-refractivity contribution >= 4 is 38.8 Å². The molecule has 0 atom stereocenters. The van der Waals surface area contributed by atoms with E-state index in [9.17, 15) is 0 Å². The van der Waals surface area contributed by atoms with Crippen LogP contribution in [-0.2, 0) is 0 Å². The van der Waals surface area contributed by atoms with Gasteiger partial charge in [-0.3, -0.25) is 0 Å². The summed E-state index contributed by atoms with van der Waals surface area (Å²) in [6.45, 7) is 0. The average Bonchev–Trinajstić information content (AvgIpc) is 2.69. The molecule has 0 radical (unpaired) electrons. The average molecular weight is 280 g/mol. The highest BCUT2D eigenvalue weighted by Gasteiger charge is 2.06. The Kier molecular flexibility index (Phi) is 2.99. The molecule has 0 saturated heterocycles. The predicted molar refractivity (Wildman–Crippen MR) is 64.3 cm³/mol. The van der Waals surface area contributed by atoms with Gasteiger partial charge in [0, 0.05) is 4.47 Å². The minimum atomic E-state index is 0.589. The fourth-order valence-corrected chi connectivity index (χ4v) is 2.02. The Morgan fingerprint density at radius 3 is 2.93 bits per heavy atom. The van der Waals surface area contributed by atoms with Gasteiger partial charge in [-0.2, -0.15) is 5.26 Å². The molecule has 0 saturated carbocycles. The van der Waals surface area contributed by atoms with Crippen LogP contribution < -0.4 is 5.32 Å². The molecule has 0 aliphatic carbocycles. The van der Waals surface area contributed by atoms with E-state index in [0.717, 1.165) is 10.2 Å². The van der Waals surface area contributed by atoms with Gasteiger partial charge in [0.2, 0.25) is 0 Å². The maximum Gasteiger partial charge on any atom is 0.159 e. The van der Waals surface area contributed by atoms with E-state index in [1.165, 1.54) is 11.3 Å². The van der Waals surface area contributed by atoms with E-state index >= 15 is 0 Å². The second-order valence-corrected chi connectivity index (χ2v) is 4.46. The SMILES string of the molecule is N#Cc1scnc1Nc1ccccc1Br. The summed E-state index contributed by atoms with van der Waals surface area (Å²) >= 11 is 4.74. The van der Waals surface area contributed by atoms with Gasteiger partial charge in [-0.1, -0.05) is 12.1 Å². The van der Waals surface area contributed by atoms with Crippen molar-refractivity contribution in [2.75, 3.05) is 5.32 Å². The molecule has 1 aromatic heterocycles. The van der Waals surface area contributed by atoms with Crippen molar-refractivity contribution in [3.8, 4) is 6.07 Å². The largest absolute Gasteiger partial charge is 0.337 e. The third-order valence-electron chi connectivity index (χ3n) is 1.80. The molecular weight excluding hydrogens is 274 g/mol. The minimum Gasteiger partial charge on any atom is -0.337 e. The molecule has 0 spiro atoms. The lowest BCUT2D eigenvalue weighted by atomic mass is 10.3. The lowest BCUT2D eigenvalue weighted by Gasteiger charge is -2.05. The summed E-state index contributed by atoms with van der Waals surface area (Å²) in [4.78, 5) is 4.68. The molecule has 0 aliphatic rings. The van der Waals surface area contributed by atoms with Crippen LogP contribution in [-0.4, -0.2) is 4.98 Å². The Labute approximate surface area is 99.5 Å². The number of nitriles is 1. The standard InChI is InChI=1S/C10H6BrN3S/c11-7-3-1-2-4-8(7)14-10-9(5-12)15-6-13-10/h1-4,6,14H. The molecule has 3 nitrogen and oxygen atoms in total. The smallest absolute Gasteiger partial charge is 0.159 e. The summed E-state index contributed by atoms with van der Waals surface area (Å²) in [5.41, 5.74) is 2.55. The molecule has 0 unspecified atom stereocenters. The number of nitrogens with zero attached hydrogens (tertiary/aromatic N) is 2. The maximum absolute atomic E-state index is 8.82. The quantitative estimate of drug-likeness (QED) is 0.915. The van der Waals surface area contributed by atoms with Crippen molar-refractivity contribution in [3.05, 3.63) is 39.1 Å². The van der Waals surface area contributed by atoms with Crippen LogP contribution in [0.1, 0.15) is 4.88 Å². The van der Waals surface area contributed by atoms with Crippen LogP contribution in [0.5, 0.6) is 0 Å². The van der Waals surface area contributed by atoms with E-state index in [1.54, 1.807) is 5.51 Å². The molecule has 5 heteroatoms. The van der Waals surface area contributed by atoms with Gasteiger partial charge < -0.3 is 5.32 Å². The maximum atomic E-state index is 8.82. The molecule has 0 bridgehead atoms. The van der Waals surface area contributed by atoms with Crippen molar-refractivity contribution < 1.29 is 0 Å². The molecule has 0 fully saturated rings. The van der Waals surface area contributed by atoms with E-state index in [4.69, 9.17) is 5.26 Å². The highest BCUT2D eigenvalue weighted by atomic mass is 79.9. The Balaban J connectivity index is 2.31. The first-order chi connectivity index (χ1) is 7.31. The molecule has 2 rings (SSSR count). The third kappa shape index (κ3) is 2.17.